The number of carbonyl (C=O) groups is 1. The van der Waals surface area contributed by atoms with Crippen LogP contribution in [0.3, 0.4) is 0 Å². The molecule has 23 heavy (non-hydrogen) atoms. The van der Waals surface area contributed by atoms with E-state index >= 15 is 0 Å². The molecule has 1 aliphatic heterocycles. The minimum atomic E-state index is -0.340. The van der Waals surface area contributed by atoms with Gasteiger partial charge in [0.05, 0.1) is 6.04 Å². The van der Waals surface area contributed by atoms with Gasteiger partial charge in [-0.25, -0.2) is 0 Å². The maximum absolute atomic E-state index is 12.5. The predicted molar refractivity (Wildman–Crippen MR) is 99.7 cm³/mol. The fourth-order valence-corrected chi connectivity index (χ4v) is 4.14. The number of benzene rings is 1. The van der Waals surface area contributed by atoms with E-state index in [1.54, 1.807) is 0 Å². The second-order valence-corrected chi connectivity index (χ2v) is 7.76. The van der Waals surface area contributed by atoms with Crippen molar-refractivity contribution < 1.29 is 9.53 Å². The van der Waals surface area contributed by atoms with Crippen LogP contribution < -0.4 is 15.8 Å². The number of rotatable bonds is 2. The average Bonchev–Trinajstić information content (AvgIpc) is 2.85. The number of thiophene rings is 1. The molecule has 124 valence electrons. The lowest BCUT2D eigenvalue weighted by Crippen LogP contribution is -2.41. The summed E-state index contributed by atoms with van der Waals surface area (Å²) in [5.74, 6) is 0.693. The van der Waals surface area contributed by atoms with Gasteiger partial charge in [0.15, 0.2) is 0 Å². The SMILES string of the molecule is CC1(C)CC(NC(=O)c2sccc2Br)c2cc(N)ccc2O1.Cl. The van der Waals surface area contributed by atoms with Crippen LogP contribution in [0.1, 0.15) is 41.5 Å². The van der Waals surface area contributed by atoms with Gasteiger partial charge in [-0.1, -0.05) is 0 Å². The zero-order valence-corrected chi connectivity index (χ0v) is 16.0. The molecule has 1 aliphatic rings. The quantitative estimate of drug-likeness (QED) is 0.705. The molecule has 3 N–H and O–H groups in total. The summed E-state index contributed by atoms with van der Waals surface area (Å²) in [6.45, 7) is 4.04. The molecule has 1 aromatic heterocycles. The molecule has 1 amide bonds. The highest BCUT2D eigenvalue weighted by molar-refractivity contribution is 9.10. The van der Waals surface area contributed by atoms with E-state index in [1.165, 1.54) is 11.3 Å². The third-order valence-corrected chi connectivity index (χ3v) is 5.46. The molecule has 4 nitrogen and oxygen atoms in total. The summed E-state index contributed by atoms with van der Waals surface area (Å²) in [6, 6.07) is 7.31. The highest BCUT2D eigenvalue weighted by atomic mass is 79.9. The van der Waals surface area contributed by atoms with E-state index in [1.807, 2.05) is 43.5 Å². The molecule has 1 aromatic carbocycles. The van der Waals surface area contributed by atoms with Gasteiger partial charge in [-0.15, -0.1) is 23.7 Å². The van der Waals surface area contributed by atoms with Crippen LogP contribution in [0.25, 0.3) is 0 Å². The first-order valence-corrected chi connectivity index (χ1v) is 8.65. The van der Waals surface area contributed by atoms with Gasteiger partial charge in [-0.05, 0) is 59.4 Å². The minimum Gasteiger partial charge on any atom is -0.487 e. The summed E-state index contributed by atoms with van der Waals surface area (Å²) in [4.78, 5) is 13.2. The lowest BCUT2D eigenvalue weighted by molar-refractivity contribution is 0.0621. The van der Waals surface area contributed by atoms with Gasteiger partial charge in [0.25, 0.3) is 5.91 Å². The number of fused-ring (bicyclic) bond motifs is 1. The van der Waals surface area contributed by atoms with Crippen LogP contribution in [0.2, 0.25) is 0 Å². The van der Waals surface area contributed by atoms with E-state index in [0.717, 1.165) is 15.8 Å². The molecule has 1 unspecified atom stereocenters. The third-order valence-electron chi connectivity index (χ3n) is 3.62. The molecule has 0 radical (unpaired) electrons. The molecule has 0 saturated carbocycles. The fourth-order valence-electron chi connectivity index (χ4n) is 2.68. The Morgan fingerprint density at radius 2 is 2.17 bits per heavy atom. The summed E-state index contributed by atoms with van der Waals surface area (Å²) in [6.07, 6.45) is 0.693. The molecule has 3 rings (SSSR count). The molecule has 1 atom stereocenters. The van der Waals surface area contributed by atoms with E-state index in [2.05, 4.69) is 21.2 Å². The lowest BCUT2D eigenvalue weighted by atomic mass is 9.89. The van der Waals surface area contributed by atoms with Crippen molar-refractivity contribution in [3.05, 3.63) is 44.6 Å². The predicted octanol–water partition coefficient (Wildman–Crippen LogP) is 4.55. The summed E-state index contributed by atoms with van der Waals surface area (Å²) < 4.78 is 6.80. The number of amides is 1. The molecular formula is C16H18BrClN2O2S. The first kappa shape index (κ1) is 18.1. The summed E-state index contributed by atoms with van der Waals surface area (Å²) in [7, 11) is 0. The Balaban J connectivity index is 0.00000192. The maximum Gasteiger partial charge on any atom is 0.262 e. The van der Waals surface area contributed by atoms with Crippen LogP contribution in [-0.4, -0.2) is 11.5 Å². The number of hydrogen-bond acceptors (Lipinski definition) is 4. The standard InChI is InChI=1S/C16H17BrN2O2S.ClH/c1-16(2)8-12(10-7-9(18)3-4-13(10)21-16)19-15(20)14-11(17)5-6-22-14;/h3-7,12H,8,18H2,1-2H3,(H,19,20);1H. The van der Waals surface area contributed by atoms with Crippen molar-refractivity contribution in [2.24, 2.45) is 0 Å². The average molecular weight is 418 g/mol. The number of hydrogen-bond donors (Lipinski definition) is 2. The Morgan fingerprint density at radius 1 is 1.43 bits per heavy atom. The molecule has 0 aliphatic carbocycles. The highest BCUT2D eigenvalue weighted by Gasteiger charge is 2.35. The first-order valence-electron chi connectivity index (χ1n) is 6.98. The van der Waals surface area contributed by atoms with Crippen LogP contribution >= 0.6 is 39.7 Å². The molecule has 2 heterocycles. The van der Waals surface area contributed by atoms with E-state index in [0.29, 0.717) is 17.0 Å². The van der Waals surface area contributed by atoms with Crippen LogP contribution in [0.15, 0.2) is 34.1 Å². The first-order chi connectivity index (χ1) is 10.4. The van der Waals surface area contributed by atoms with Crippen LogP contribution in [0.5, 0.6) is 5.75 Å². The monoisotopic (exact) mass is 416 g/mol. The summed E-state index contributed by atoms with van der Waals surface area (Å²) >= 11 is 4.82. The fraction of sp³-hybridized carbons (Fsp3) is 0.312. The molecule has 0 saturated heterocycles. The van der Waals surface area contributed by atoms with E-state index in [9.17, 15) is 4.79 Å². The number of nitrogens with one attached hydrogen (secondary N) is 1. The topological polar surface area (TPSA) is 64.4 Å². The van der Waals surface area contributed by atoms with Gasteiger partial charge < -0.3 is 15.8 Å². The number of ether oxygens (including phenoxy) is 1. The van der Waals surface area contributed by atoms with Crippen molar-refractivity contribution in [2.75, 3.05) is 5.73 Å². The normalized spacial score (nSPS) is 18.3. The Hall–Kier alpha value is -1.24. The molecule has 7 heteroatoms. The van der Waals surface area contributed by atoms with Gasteiger partial charge in [-0.3, -0.25) is 4.79 Å². The smallest absolute Gasteiger partial charge is 0.262 e. The van der Waals surface area contributed by atoms with Crippen molar-refractivity contribution in [1.82, 2.24) is 5.32 Å². The lowest BCUT2D eigenvalue weighted by Gasteiger charge is -2.38. The molecule has 0 fully saturated rings. The van der Waals surface area contributed by atoms with Gasteiger partial charge >= 0.3 is 0 Å². The Labute approximate surface area is 153 Å². The second kappa shape index (κ2) is 6.71. The van der Waals surface area contributed by atoms with Crippen molar-refractivity contribution >= 4 is 51.3 Å². The Bertz CT molecular complexity index is 733. The second-order valence-electron chi connectivity index (χ2n) is 5.99. The zero-order chi connectivity index (χ0) is 15.9. The van der Waals surface area contributed by atoms with Gasteiger partial charge in [0, 0.05) is 22.1 Å². The van der Waals surface area contributed by atoms with Crippen molar-refractivity contribution in [2.45, 2.75) is 31.9 Å². The number of carbonyl (C=O) groups excluding carboxylic acids is 1. The van der Waals surface area contributed by atoms with Crippen molar-refractivity contribution in [1.29, 1.82) is 0 Å². The zero-order valence-electron chi connectivity index (χ0n) is 12.8. The minimum absolute atomic E-state index is 0. The van der Waals surface area contributed by atoms with Crippen LogP contribution in [-0.2, 0) is 0 Å². The van der Waals surface area contributed by atoms with Crippen LogP contribution in [0, 0.1) is 0 Å². The van der Waals surface area contributed by atoms with E-state index < -0.39 is 0 Å². The Kier molecular flexibility index (Phi) is 5.28. The molecule has 2 aromatic rings. The van der Waals surface area contributed by atoms with E-state index in [-0.39, 0.29) is 30.0 Å². The number of halogens is 2. The molecule has 0 spiro atoms. The van der Waals surface area contributed by atoms with E-state index in [4.69, 9.17) is 10.5 Å². The molecule has 0 bridgehead atoms. The Morgan fingerprint density at radius 3 is 2.83 bits per heavy atom. The number of nitrogen functional groups attached to an aromatic ring is 1. The van der Waals surface area contributed by atoms with Gasteiger partial charge in [0.1, 0.15) is 16.2 Å². The van der Waals surface area contributed by atoms with Crippen LogP contribution in [0.4, 0.5) is 5.69 Å². The summed E-state index contributed by atoms with van der Waals surface area (Å²) in [5.41, 5.74) is 7.14. The number of anilines is 1. The van der Waals surface area contributed by atoms with Gasteiger partial charge in [-0.2, -0.15) is 0 Å². The largest absolute Gasteiger partial charge is 0.487 e. The third kappa shape index (κ3) is 3.82. The van der Waals surface area contributed by atoms with Gasteiger partial charge in [0.2, 0.25) is 0 Å². The van der Waals surface area contributed by atoms with Crippen molar-refractivity contribution in [3.8, 4) is 5.75 Å². The highest BCUT2D eigenvalue weighted by Crippen LogP contribution is 2.40. The summed E-state index contributed by atoms with van der Waals surface area (Å²) in [5, 5.41) is 4.99. The molecular weight excluding hydrogens is 400 g/mol. The van der Waals surface area contributed by atoms with Crippen molar-refractivity contribution in [3.63, 3.8) is 0 Å². The number of nitrogens with two attached hydrogens (primary N) is 1. The maximum atomic E-state index is 12.5.